The van der Waals surface area contributed by atoms with Gasteiger partial charge in [0.05, 0.1) is 22.5 Å². The van der Waals surface area contributed by atoms with Crippen LogP contribution < -0.4 is 9.64 Å². The van der Waals surface area contributed by atoms with Crippen LogP contribution in [-0.4, -0.2) is 83.7 Å². The minimum absolute atomic E-state index is 0.110. The van der Waals surface area contributed by atoms with Crippen molar-refractivity contribution in [3.8, 4) is 34.5 Å². The second kappa shape index (κ2) is 13.5. The van der Waals surface area contributed by atoms with Crippen molar-refractivity contribution in [1.82, 2.24) is 19.9 Å². The summed E-state index contributed by atoms with van der Waals surface area (Å²) in [6, 6.07) is 5.17. The van der Waals surface area contributed by atoms with E-state index in [9.17, 15) is 13.9 Å². The number of phenols is 1. The van der Waals surface area contributed by atoms with Crippen molar-refractivity contribution in [2.24, 2.45) is 0 Å². The zero-order valence-electron chi connectivity index (χ0n) is 30.9. The lowest BCUT2D eigenvalue weighted by Gasteiger charge is -2.38. The highest BCUT2D eigenvalue weighted by molar-refractivity contribution is 6.90. The molecular weight excluding hydrogens is 687 g/mol. The molecule has 2 aliphatic heterocycles. The molecule has 3 aliphatic rings. The lowest BCUT2D eigenvalue weighted by atomic mass is 9.95. The molecule has 7 nitrogen and oxygen atoms in total. The van der Waals surface area contributed by atoms with Gasteiger partial charge in [-0.2, -0.15) is 9.97 Å². The van der Waals surface area contributed by atoms with Gasteiger partial charge in [-0.3, -0.25) is 9.88 Å². The number of halogens is 4. The van der Waals surface area contributed by atoms with Crippen LogP contribution in [0.25, 0.3) is 32.9 Å². The lowest BCUT2D eigenvalue weighted by Crippen LogP contribution is -2.43. The van der Waals surface area contributed by atoms with Gasteiger partial charge in [0.1, 0.15) is 55.6 Å². The Balaban J connectivity index is 1.40. The van der Waals surface area contributed by atoms with Gasteiger partial charge in [0.2, 0.25) is 0 Å². The maximum Gasteiger partial charge on any atom is 0.319 e. The van der Waals surface area contributed by atoms with Crippen LogP contribution in [0.4, 0.5) is 23.4 Å². The molecule has 2 aromatic carbocycles. The third kappa shape index (κ3) is 6.07. The van der Waals surface area contributed by atoms with Gasteiger partial charge in [-0.05, 0) is 59.6 Å². The number of alkyl halides is 2. The smallest absolute Gasteiger partial charge is 0.319 e. The first-order valence-electron chi connectivity index (χ1n) is 18.4. The molecule has 12 heteroatoms. The zero-order valence-corrected chi connectivity index (χ0v) is 31.9. The lowest BCUT2D eigenvalue weighted by molar-refractivity contribution is 0.107. The predicted molar refractivity (Wildman–Crippen MR) is 200 cm³/mol. The Morgan fingerprint density at radius 1 is 1.08 bits per heavy atom. The Morgan fingerprint density at radius 2 is 1.79 bits per heavy atom. The quantitative estimate of drug-likeness (QED) is 0.105. The molecule has 0 radical (unpaired) electrons. The maximum atomic E-state index is 17.1. The summed E-state index contributed by atoms with van der Waals surface area (Å²) < 4.78 is 68.0. The Bertz CT molecular complexity index is 2080. The number of fused-ring (bicyclic) bond motifs is 3. The van der Waals surface area contributed by atoms with Crippen LogP contribution in [0, 0.1) is 23.1 Å². The number of benzene rings is 2. The first-order chi connectivity index (χ1) is 24.7. The SMILES string of the molecule is CC(C)[Si](C#Cc1c(F)ccc2cc(O)cc(-c3ncc4c(N(C)[C@@H]5C[C@@H]5F)nc(OC[C@@]56CCCN5C[C@H](F)C6)nc4c3F)c12)(C(C)C)C(C)C. The number of aromatic nitrogens is 3. The third-order valence-corrected chi connectivity index (χ3v) is 18.3. The van der Waals surface area contributed by atoms with E-state index in [-0.39, 0.29) is 51.9 Å². The van der Waals surface area contributed by atoms with Gasteiger partial charge in [-0.1, -0.05) is 53.5 Å². The molecule has 276 valence electrons. The first kappa shape index (κ1) is 36.4. The number of hydrogen-bond acceptors (Lipinski definition) is 7. The van der Waals surface area contributed by atoms with Crippen LogP contribution in [0.1, 0.15) is 72.8 Å². The Labute approximate surface area is 303 Å². The van der Waals surface area contributed by atoms with Crippen molar-refractivity contribution in [2.45, 2.75) is 108 Å². The molecule has 3 fully saturated rings. The normalized spacial score (nSPS) is 23.2. The number of anilines is 1. The highest BCUT2D eigenvalue weighted by Gasteiger charge is 2.49. The van der Waals surface area contributed by atoms with E-state index in [4.69, 9.17) is 4.74 Å². The van der Waals surface area contributed by atoms with Crippen molar-refractivity contribution < 1.29 is 27.4 Å². The number of phenolic OH excluding ortho intramolecular Hbond substituents is 1. The summed E-state index contributed by atoms with van der Waals surface area (Å²) in [5.74, 6) is 1.96. The molecule has 1 saturated carbocycles. The zero-order chi connectivity index (χ0) is 37.3. The van der Waals surface area contributed by atoms with Crippen LogP contribution in [0.3, 0.4) is 0 Å². The molecule has 4 heterocycles. The fraction of sp³-hybridized carbons (Fsp3) is 0.525. The molecule has 0 bridgehead atoms. The molecule has 52 heavy (non-hydrogen) atoms. The van der Waals surface area contributed by atoms with Crippen LogP contribution in [0.5, 0.6) is 11.8 Å². The molecular formula is C40H47F4N5O2Si. The van der Waals surface area contributed by atoms with Gasteiger partial charge in [0, 0.05) is 43.6 Å². The van der Waals surface area contributed by atoms with Gasteiger partial charge < -0.3 is 14.7 Å². The van der Waals surface area contributed by atoms with E-state index < -0.39 is 43.6 Å². The minimum Gasteiger partial charge on any atom is -0.508 e. The van der Waals surface area contributed by atoms with Gasteiger partial charge >= 0.3 is 6.01 Å². The molecule has 4 atom stereocenters. The summed E-state index contributed by atoms with van der Waals surface area (Å²) in [4.78, 5) is 17.4. The summed E-state index contributed by atoms with van der Waals surface area (Å²) in [6.07, 6.45) is 1.75. The number of rotatable bonds is 9. The highest BCUT2D eigenvalue weighted by Crippen LogP contribution is 2.44. The van der Waals surface area contributed by atoms with E-state index in [1.807, 2.05) is 0 Å². The highest BCUT2D eigenvalue weighted by atomic mass is 28.3. The van der Waals surface area contributed by atoms with E-state index in [2.05, 4.69) is 72.9 Å². The molecule has 7 rings (SSSR count). The Hall–Kier alpha value is -3.95. The van der Waals surface area contributed by atoms with E-state index in [0.717, 1.165) is 19.4 Å². The van der Waals surface area contributed by atoms with Crippen LogP contribution in [0.2, 0.25) is 16.6 Å². The third-order valence-electron chi connectivity index (χ3n) is 12.0. The van der Waals surface area contributed by atoms with Gasteiger partial charge in [-0.25, -0.2) is 17.6 Å². The molecule has 0 amide bonds. The van der Waals surface area contributed by atoms with Crippen molar-refractivity contribution in [1.29, 1.82) is 0 Å². The standard InChI is InChI=1S/C40H47F4N5O2Si/c1-22(2)52(23(3)4,24(5)6)14-11-28-31(42)10-9-25-15-27(50)16-29(34(25)28)36-35(44)37-30(19-45-36)38(48(7)33-17-32(33)43)47-39(46-37)51-21-40-12-8-13-49(40)20-26(41)18-40/h9-10,15-16,19,22-24,26,32-33,50H,8,12-13,17-18,20-21H2,1-7H3/t26-,32+,33-,40+/m1/s1. The van der Waals surface area contributed by atoms with Gasteiger partial charge in [-0.15, -0.1) is 5.54 Å². The predicted octanol–water partition coefficient (Wildman–Crippen LogP) is 8.90. The molecule has 1 aliphatic carbocycles. The number of hydrogen-bond donors (Lipinski definition) is 1. The van der Waals surface area contributed by atoms with Gasteiger partial charge in [0.25, 0.3) is 0 Å². The monoisotopic (exact) mass is 733 g/mol. The number of nitrogens with zero attached hydrogens (tertiary/aromatic N) is 5. The largest absolute Gasteiger partial charge is 0.508 e. The van der Waals surface area contributed by atoms with E-state index in [1.54, 1.807) is 11.9 Å². The van der Waals surface area contributed by atoms with Crippen molar-refractivity contribution in [2.75, 3.05) is 31.6 Å². The molecule has 0 spiro atoms. The van der Waals surface area contributed by atoms with Crippen LogP contribution in [0.15, 0.2) is 30.5 Å². The minimum atomic E-state index is -2.29. The Morgan fingerprint density at radius 3 is 2.46 bits per heavy atom. The molecule has 4 aromatic rings. The topological polar surface area (TPSA) is 74.6 Å². The van der Waals surface area contributed by atoms with Crippen molar-refractivity contribution in [3.05, 3.63) is 47.7 Å². The van der Waals surface area contributed by atoms with Crippen molar-refractivity contribution in [3.63, 3.8) is 0 Å². The summed E-state index contributed by atoms with van der Waals surface area (Å²) >= 11 is 0. The second-order valence-corrected chi connectivity index (χ2v) is 21.5. The average molecular weight is 734 g/mol. The summed E-state index contributed by atoms with van der Waals surface area (Å²) in [7, 11) is -0.602. The second-order valence-electron chi connectivity index (χ2n) is 16.0. The molecule has 2 saturated heterocycles. The fourth-order valence-electron chi connectivity index (χ4n) is 9.24. The van der Waals surface area contributed by atoms with E-state index in [0.29, 0.717) is 46.8 Å². The molecule has 2 aromatic heterocycles. The molecule has 0 unspecified atom stereocenters. The average Bonchev–Trinajstić information content (AvgIpc) is 3.56. The Kier molecular flexibility index (Phi) is 9.43. The summed E-state index contributed by atoms with van der Waals surface area (Å²) in [5.41, 5.74) is 4.01. The van der Waals surface area contributed by atoms with E-state index >= 15 is 8.78 Å². The maximum absolute atomic E-state index is 17.1. The van der Waals surface area contributed by atoms with Crippen LogP contribution >= 0.6 is 0 Å². The number of ether oxygens (including phenoxy) is 1. The molecule has 1 N–H and O–H groups in total. The number of aromatic hydroxyl groups is 1. The summed E-state index contributed by atoms with van der Waals surface area (Å²) in [5, 5.41) is 11.9. The van der Waals surface area contributed by atoms with Crippen LogP contribution in [-0.2, 0) is 0 Å². The fourth-order valence-corrected chi connectivity index (χ4v) is 14.4. The van der Waals surface area contributed by atoms with Gasteiger partial charge in [0.15, 0.2) is 5.82 Å². The van der Waals surface area contributed by atoms with Crippen molar-refractivity contribution >= 4 is 35.6 Å². The summed E-state index contributed by atoms with van der Waals surface area (Å²) in [6.45, 7) is 14.3. The first-order valence-corrected chi connectivity index (χ1v) is 20.6. The number of pyridine rings is 1. The van der Waals surface area contributed by atoms with E-state index in [1.165, 1.54) is 30.5 Å².